The number of rotatable bonds is 11. The topological polar surface area (TPSA) is 143 Å². The Labute approximate surface area is 273 Å². The molecule has 242 valence electrons. The molecule has 0 bridgehead atoms. The number of amides is 4. The maximum atomic E-state index is 14.6. The molecule has 47 heavy (non-hydrogen) atoms. The lowest BCUT2D eigenvalue weighted by Gasteiger charge is -2.34. The van der Waals surface area contributed by atoms with Gasteiger partial charge in [0.2, 0.25) is 5.91 Å². The number of nitro groups is 1. The lowest BCUT2D eigenvalue weighted by Crippen LogP contribution is -2.47. The molecule has 4 aromatic rings. The molecule has 1 aliphatic rings. The molecule has 4 amide bonds. The summed E-state index contributed by atoms with van der Waals surface area (Å²) in [5.74, 6) is -0.241. The fourth-order valence-corrected chi connectivity index (χ4v) is 5.73. The highest BCUT2D eigenvalue weighted by Gasteiger charge is 2.35. The molecule has 1 unspecified atom stereocenters. The van der Waals surface area contributed by atoms with E-state index in [2.05, 4.69) is 16.0 Å². The molecule has 11 heteroatoms. The molecule has 0 aliphatic heterocycles. The summed E-state index contributed by atoms with van der Waals surface area (Å²) in [6, 6.07) is 26.7. The van der Waals surface area contributed by atoms with Crippen LogP contribution in [0.5, 0.6) is 5.75 Å². The second-order valence-corrected chi connectivity index (χ2v) is 11.4. The van der Waals surface area contributed by atoms with Crippen LogP contribution in [0.2, 0.25) is 0 Å². The predicted octanol–water partition coefficient (Wildman–Crippen LogP) is 7.08. The van der Waals surface area contributed by atoms with Crippen LogP contribution >= 0.6 is 0 Å². The Bertz CT molecular complexity index is 1690. The van der Waals surface area contributed by atoms with E-state index in [0.717, 1.165) is 37.7 Å². The number of urea groups is 1. The SMILES string of the molecule is COc1ccc(NC(=O)Nc2ccccc2C(=O)N(Cc2ccccc2)C(C(=O)NC2CCCCC2)c2ccc([N+](=O)[O-])cc2)cc1. The van der Waals surface area contributed by atoms with E-state index in [-0.39, 0.29) is 35.4 Å². The zero-order valence-corrected chi connectivity index (χ0v) is 26.1. The van der Waals surface area contributed by atoms with Crippen molar-refractivity contribution >= 4 is 34.9 Å². The zero-order valence-electron chi connectivity index (χ0n) is 26.1. The summed E-state index contributed by atoms with van der Waals surface area (Å²) in [4.78, 5) is 54.2. The first-order chi connectivity index (χ1) is 22.8. The largest absolute Gasteiger partial charge is 0.497 e. The molecule has 1 fully saturated rings. The fraction of sp³-hybridized carbons (Fsp3) is 0.250. The van der Waals surface area contributed by atoms with Crippen LogP contribution in [0.4, 0.5) is 21.9 Å². The Morgan fingerprint density at radius 2 is 1.51 bits per heavy atom. The Morgan fingerprint density at radius 3 is 2.17 bits per heavy atom. The van der Waals surface area contributed by atoms with Gasteiger partial charge in [-0.3, -0.25) is 19.7 Å². The molecule has 0 saturated heterocycles. The highest BCUT2D eigenvalue weighted by atomic mass is 16.6. The van der Waals surface area contributed by atoms with Gasteiger partial charge in [-0.2, -0.15) is 0 Å². The van der Waals surface area contributed by atoms with Gasteiger partial charge in [-0.1, -0.05) is 61.7 Å². The van der Waals surface area contributed by atoms with Crippen molar-refractivity contribution in [3.63, 3.8) is 0 Å². The highest BCUT2D eigenvalue weighted by molar-refractivity contribution is 6.07. The standard InChI is InChI=1S/C36H37N5O6/c1-47-30-22-18-28(19-23-30)38-36(44)39-32-15-9-8-14-31(32)35(43)40(24-25-10-4-2-5-11-25)33(26-16-20-29(21-17-26)41(45)46)34(42)37-27-12-6-3-7-13-27/h2,4-5,8-11,14-23,27,33H,3,6-7,12-13,24H2,1H3,(H,37,42)(H2,38,39,44). The predicted molar refractivity (Wildman–Crippen MR) is 179 cm³/mol. The van der Waals surface area contributed by atoms with Crippen LogP contribution < -0.4 is 20.7 Å². The molecule has 0 radical (unpaired) electrons. The lowest BCUT2D eigenvalue weighted by molar-refractivity contribution is -0.384. The van der Waals surface area contributed by atoms with Gasteiger partial charge in [-0.05, 0) is 72.5 Å². The lowest BCUT2D eigenvalue weighted by atomic mass is 9.94. The van der Waals surface area contributed by atoms with Gasteiger partial charge in [0.05, 0.1) is 23.3 Å². The number of nitrogens with zero attached hydrogens (tertiary/aromatic N) is 2. The summed E-state index contributed by atoms with van der Waals surface area (Å²) in [5.41, 5.74) is 2.02. The average molecular weight is 636 g/mol. The number of non-ortho nitro benzene ring substituents is 1. The van der Waals surface area contributed by atoms with Crippen LogP contribution in [0.25, 0.3) is 0 Å². The van der Waals surface area contributed by atoms with Crippen LogP contribution in [0, 0.1) is 10.1 Å². The molecule has 1 atom stereocenters. The average Bonchev–Trinajstić information content (AvgIpc) is 3.09. The zero-order chi connectivity index (χ0) is 33.2. The maximum Gasteiger partial charge on any atom is 0.323 e. The van der Waals surface area contributed by atoms with Crippen molar-refractivity contribution in [2.24, 2.45) is 0 Å². The first kappa shape index (κ1) is 32.7. The fourth-order valence-electron chi connectivity index (χ4n) is 5.73. The number of ether oxygens (including phenoxy) is 1. The smallest absolute Gasteiger partial charge is 0.323 e. The first-order valence-corrected chi connectivity index (χ1v) is 15.5. The number of hydrogen-bond donors (Lipinski definition) is 3. The Kier molecular flexibility index (Phi) is 10.8. The van der Waals surface area contributed by atoms with Crippen LogP contribution in [-0.2, 0) is 11.3 Å². The molecule has 5 rings (SSSR count). The minimum Gasteiger partial charge on any atom is -0.497 e. The first-order valence-electron chi connectivity index (χ1n) is 15.5. The van der Waals surface area contributed by atoms with Crippen LogP contribution in [0.1, 0.15) is 59.6 Å². The van der Waals surface area contributed by atoms with Crippen LogP contribution in [0.15, 0.2) is 103 Å². The summed E-state index contributed by atoms with van der Waals surface area (Å²) in [6.45, 7) is 0.0613. The van der Waals surface area contributed by atoms with E-state index in [9.17, 15) is 24.5 Å². The van der Waals surface area contributed by atoms with Gasteiger partial charge >= 0.3 is 6.03 Å². The summed E-state index contributed by atoms with van der Waals surface area (Å²) < 4.78 is 5.17. The number of nitro benzene ring substituents is 1. The summed E-state index contributed by atoms with van der Waals surface area (Å²) in [7, 11) is 1.55. The molecule has 0 aromatic heterocycles. The van der Waals surface area contributed by atoms with Gasteiger partial charge < -0.3 is 25.6 Å². The summed E-state index contributed by atoms with van der Waals surface area (Å²) >= 11 is 0. The number of para-hydroxylation sites is 1. The van der Waals surface area contributed by atoms with Gasteiger partial charge in [0, 0.05) is 30.4 Å². The molecular weight excluding hydrogens is 598 g/mol. The summed E-state index contributed by atoms with van der Waals surface area (Å²) in [6.07, 6.45) is 4.77. The molecule has 1 aliphatic carbocycles. The van der Waals surface area contributed by atoms with Crippen molar-refractivity contribution in [1.29, 1.82) is 0 Å². The van der Waals surface area contributed by atoms with Crippen molar-refractivity contribution in [3.8, 4) is 5.75 Å². The van der Waals surface area contributed by atoms with Crippen LogP contribution in [0.3, 0.4) is 0 Å². The van der Waals surface area contributed by atoms with E-state index >= 15 is 0 Å². The number of nitrogens with one attached hydrogen (secondary N) is 3. The van der Waals surface area contributed by atoms with Crippen molar-refractivity contribution < 1.29 is 24.0 Å². The molecule has 3 N–H and O–H groups in total. The maximum absolute atomic E-state index is 14.6. The highest BCUT2D eigenvalue weighted by Crippen LogP contribution is 2.30. The van der Waals surface area contributed by atoms with Crippen LogP contribution in [-0.4, -0.2) is 40.8 Å². The summed E-state index contributed by atoms with van der Waals surface area (Å²) in [5, 5.41) is 20.1. The van der Waals surface area contributed by atoms with Crippen molar-refractivity contribution in [1.82, 2.24) is 10.2 Å². The Hall–Kier alpha value is -5.71. The Balaban J connectivity index is 1.50. The van der Waals surface area contributed by atoms with Gasteiger partial charge in [0.15, 0.2) is 0 Å². The second kappa shape index (κ2) is 15.5. The molecule has 0 heterocycles. The third kappa shape index (κ3) is 8.51. The van der Waals surface area contributed by atoms with Gasteiger partial charge in [0.1, 0.15) is 11.8 Å². The molecule has 11 nitrogen and oxygen atoms in total. The van der Waals surface area contributed by atoms with E-state index in [1.165, 1.54) is 29.2 Å². The van der Waals surface area contributed by atoms with Gasteiger partial charge in [-0.15, -0.1) is 0 Å². The van der Waals surface area contributed by atoms with E-state index in [4.69, 9.17) is 4.74 Å². The molecule has 0 spiro atoms. The van der Waals surface area contributed by atoms with E-state index in [1.807, 2.05) is 30.3 Å². The number of carbonyl (C=O) groups excluding carboxylic acids is 3. The second-order valence-electron chi connectivity index (χ2n) is 11.4. The van der Waals surface area contributed by atoms with Crippen molar-refractivity contribution in [3.05, 3.63) is 130 Å². The van der Waals surface area contributed by atoms with Gasteiger partial charge in [0.25, 0.3) is 11.6 Å². The third-order valence-electron chi connectivity index (χ3n) is 8.14. The van der Waals surface area contributed by atoms with Crippen molar-refractivity contribution in [2.75, 3.05) is 17.7 Å². The number of methoxy groups -OCH3 is 1. The van der Waals surface area contributed by atoms with E-state index < -0.39 is 22.9 Å². The Morgan fingerprint density at radius 1 is 0.851 bits per heavy atom. The quantitative estimate of drug-likeness (QED) is 0.119. The minimum absolute atomic E-state index is 0.0407. The molecule has 4 aromatic carbocycles. The molecular formula is C36H37N5O6. The minimum atomic E-state index is -1.12. The molecule has 1 saturated carbocycles. The van der Waals surface area contributed by atoms with E-state index in [1.54, 1.807) is 55.6 Å². The third-order valence-corrected chi connectivity index (χ3v) is 8.14. The number of anilines is 2. The normalized spacial score (nSPS) is 13.6. The number of benzene rings is 4. The van der Waals surface area contributed by atoms with Gasteiger partial charge in [-0.25, -0.2) is 4.79 Å². The number of hydrogen-bond acceptors (Lipinski definition) is 6. The monoisotopic (exact) mass is 635 g/mol. The number of carbonyl (C=O) groups is 3. The van der Waals surface area contributed by atoms with E-state index in [0.29, 0.717) is 17.0 Å². The van der Waals surface area contributed by atoms with Crippen molar-refractivity contribution in [2.45, 2.75) is 50.7 Å².